The molecule has 2 heterocycles. The minimum atomic E-state index is -4.07. The molecule has 4 N–H and O–H groups in total. The molecule has 10 nitrogen and oxygen atoms in total. The number of rotatable bonds is 6. The number of nitrogens with one attached hydrogen (secondary N) is 1. The van der Waals surface area contributed by atoms with E-state index in [1.165, 1.54) is 12.1 Å². The number of aliphatic hydroxyl groups excluding tert-OH is 1. The molecule has 1 saturated heterocycles. The predicted molar refractivity (Wildman–Crippen MR) is 95.6 cm³/mol. The minimum Gasteiger partial charge on any atom is -0.413 e. The topological polar surface area (TPSA) is 146 Å². The van der Waals surface area contributed by atoms with Gasteiger partial charge in [-0.05, 0) is 19.1 Å². The van der Waals surface area contributed by atoms with Gasteiger partial charge in [-0.2, -0.15) is 0 Å². The number of hydrogen-bond donors (Lipinski definition) is 3. The van der Waals surface area contributed by atoms with Crippen LogP contribution in [0.2, 0.25) is 0 Å². The summed E-state index contributed by atoms with van der Waals surface area (Å²) in [6.07, 6.45) is -3.53. The number of benzene rings is 1. The first-order valence-corrected chi connectivity index (χ1v) is 9.83. The number of halogens is 1. The minimum absolute atomic E-state index is 0.203. The van der Waals surface area contributed by atoms with Gasteiger partial charge in [0.05, 0.1) is 6.61 Å². The van der Waals surface area contributed by atoms with E-state index >= 15 is 4.39 Å². The number of nitrogens with zero attached hydrogens (tertiary/aromatic N) is 1. The van der Waals surface area contributed by atoms with Crippen molar-refractivity contribution in [2.75, 3.05) is 6.61 Å². The second kappa shape index (κ2) is 7.61. The first kappa shape index (κ1) is 20.4. The third-order valence-corrected chi connectivity index (χ3v) is 5.19. The fourth-order valence-electron chi connectivity index (χ4n) is 2.79. The van der Waals surface area contributed by atoms with Gasteiger partial charge < -0.3 is 14.4 Å². The van der Waals surface area contributed by atoms with Crippen LogP contribution in [0, 0.1) is 0 Å². The molecule has 1 aliphatic rings. The van der Waals surface area contributed by atoms with Crippen LogP contribution < -0.4 is 21.3 Å². The molecule has 0 radical (unpaired) electrons. The molecule has 0 amide bonds. The lowest BCUT2D eigenvalue weighted by atomic mass is 9.98. The monoisotopic (exact) mass is 415 g/mol. The maximum atomic E-state index is 15.0. The molecule has 3 unspecified atom stereocenters. The normalized spacial score (nSPS) is 29.4. The van der Waals surface area contributed by atoms with Crippen molar-refractivity contribution in [3.63, 3.8) is 0 Å². The molecule has 3 rings (SSSR count). The highest BCUT2D eigenvalue weighted by atomic mass is 31.2. The average Bonchev–Trinajstić information content (AvgIpc) is 2.84. The van der Waals surface area contributed by atoms with E-state index in [1.807, 2.05) is 4.98 Å². The number of ether oxygens (including phenoxy) is 1. The van der Waals surface area contributed by atoms with Crippen LogP contribution in [0.4, 0.5) is 4.39 Å². The van der Waals surface area contributed by atoms with E-state index < -0.39 is 49.7 Å². The highest BCUT2D eigenvalue weighted by Crippen LogP contribution is 2.44. The van der Waals surface area contributed by atoms with E-state index in [0.29, 0.717) is 0 Å². The zero-order chi connectivity index (χ0) is 20.5. The molecule has 28 heavy (non-hydrogen) atoms. The molecule has 2 aromatic rings. The summed E-state index contributed by atoms with van der Waals surface area (Å²) in [5, 5.41) is 10.2. The summed E-state index contributed by atoms with van der Waals surface area (Å²) in [7, 11) is -4.07. The number of H-pyrrole nitrogens is 1. The Hall–Kier alpha value is -2.30. The van der Waals surface area contributed by atoms with Crippen molar-refractivity contribution in [3.8, 4) is 5.75 Å². The van der Waals surface area contributed by atoms with Crippen LogP contribution in [0.15, 0.2) is 52.2 Å². The van der Waals surface area contributed by atoms with Gasteiger partial charge in [0.15, 0.2) is 11.9 Å². The molecule has 1 aromatic heterocycles. The number of aromatic nitrogens is 2. The van der Waals surface area contributed by atoms with Gasteiger partial charge in [-0.1, -0.05) is 18.2 Å². The molecule has 1 aliphatic heterocycles. The standard InChI is InChI=1S/C16H19FN3O7P/c1-16(17)13(22)11(26-14(16)20-8-7-12(21)19-15(20)23)9-25-28(18,24)27-10-5-3-2-4-6-10/h2-8,11,13-14,22H,9H2,1H3,(H2,18,24)(H,19,21,23)/t11?,13-,14?,16-,28?/m1/s1. The Morgan fingerprint density at radius 3 is 2.68 bits per heavy atom. The summed E-state index contributed by atoms with van der Waals surface area (Å²) in [5.74, 6) is 0.203. The fraction of sp³-hybridized carbons (Fsp3) is 0.375. The highest BCUT2D eigenvalue weighted by Gasteiger charge is 2.55. The van der Waals surface area contributed by atoms with E-state index in [-0.39, 0.29) is 5.75 Å². The van der Waals surface area contributed by atoms with Crippen LogP contribution >= 0.6 is 7.75 Å². The number of alkyl halides is 1. The quantitative estimate of drug-likeness (QED) is 0.584. The molecule has 1 aromatic carbocycles. The van der Waals surface area contributed by atoms with Crippen LogP contribution in [0.5, 0.6) is 5.75 Å². The van der Waals surface area contributed by atoms with Gasteiger partial charge in [-0.15, -0.1) is 0 Å². The summed E-state index contributed by atoms with van der Waals surface area (Å²) in [6.45, 7) is 0.471. The second-order valence-corrected chi connectivity index (χ2v) is 7.90. The average molecular weight is 415 g/mol. The Labute approximate surface area is 158 Å². The van der Waals surface area contributed by atoms with Crippen LogP contribution in [0.3, 0.4) is 0 Å². The third kappa shape index (κ3) is 4.23. The van der Waals surface area contributed by atoms with Crippen LogP contribution in [0.25, 0.3) is 0 Å². The third-order valence-electron chi connectivity index (χ3n) is 4.22. The molecule has 5 atom stereocenters. The molecule has 0 spiro atoms. The lowest BCUT2D eigenvalue weighted by Gasteiger charge is -2.24. The van der Waals surface area contributed by atoms with Gasteiger partial charge in [-0.3, -0.25) is 18.9 Å². The van der Waals surface area contributed by atoms with Gasteiger partial charge in [0.1, 0.15) is 18.0 Å². The maximum absolute atomic E-state index is 15.0. The molecular weight excluding hydrogens is 396 g/mol. The highest BCUT2D eigenvalue weighted by molar-refractivity contribution is 7.51. The molecular formula is C16H19FN3O7P. The van der Waals surface area contributed by atoms with Crippen molar-refractivity contribution in [1.82, 2.24) is 9.55 Å². The van der Waals surface area contributed by atoms with Crippen molar-refractivity contribution >= 4 is 7.75 Å². The lowest BCUT2D eigenvalue weighted by molar-refractivity contribution is -0.0591. The fourth-order valence-corrected chi connectivity index (χ4v) is 3.62. The Morgan fingerprint density at radius 2 is 2.04 bits per heavy atom. The Bertz CT molecular complexity index is 993. The van der Waals surface area contributed by atoms with E-state index in [0.717, 1.165) is 23.8 Å². The number of para-hydroxylation sites is 1. The zero-order valence-electron chi connectivity index (χ0n) is 14.7. The Kier molecular flexibility index (Phi) is 5.55. The van der Waals surface area contributed by atoms with Gasteiger partial charge in [0.25, 0.3) is 5.56 Å². The van der Waals surface area contributed by atoms with Crippen molar-refractivity contribution in [2.45, 2.75) is 31.0 Å². The molecule has 0 aliphatic carbocycles. The number of aromatic amines is 1. The number of hydrogen-bond acceptors (Lipinski definition) is 7. The maximum Gasteiger partial charge on any atom is 0.456 e. The van der Waals surface area contributed by atoms with E-state index in [1.54, 1.807) is 18.2 Å². The molecule has 0 saturated carbocycles. The number of nitrogens with two attached hydrogens (primary N) is 1. The van der Waals surface area contributed by atoms with Crippen molar-refractivity contribution < 1.29 is 27.8 Å². The van der Waals surface area contributed by atoms with Crippen LogP contribution in [-0.2, 0) is 13.8 Å². The van der Waals surface area contributed by atoms with E-state index in [2.05, 4.69) is 0 Å². The zero-order valence-corrected chi connectivity index (χ0v) is 15.6. The van der Waals surface area contributed by atoms with Crippen LogP contribution in [0.1, 0.15) is 13.2 Å². The van der Waals surface area contributed by atoms with E-state index in [4.69, 9.17) is 19.3 Å². The summed E-state index contributed by atoms with van der Waals surface area (Å²) in [5.41, 5.74) is 1.53. The van der Waals surface area contributed by atoms with Crippen molar-refractivity contribution in [1.29, 1.82) is 0 Å². The SMILES string of the molecule is C[C@]1(F)C(n2ccc(=O)[nH]c2=O)OC(COP(N)(=O)Oc2ccccc2)[C@H]1O. The smallest absolute Gasteiger partial charge is 0.413 e. The summed E-state index contributed by atoms with van der Waals surface area (Å²) < 4.78 is 43.6. The first-order chi connectivity index (χ1) is 13.1. The van der Waals surface area contributed by atoms with E-state index in [9.17, 15) is 19.3 Å². The van der Waals surface area contributed by atoms with Gasteiger partial charge in [0.2, 0.25) is 0 Å². The Morgan fingerprint density at radius 1 is 1.36 bits per heavy atom. The van der Waals surface area contributed by atoms with Crippen LogP contribution in [-0.4, -0.2) is 39.1 Å². The van der Waals surface area contributed by atoms with Crippen molar-refractivity contribution in [3.05, 3.63) is 63.4 Å². The molecule has 12 heteroatoms. The molecule has 1 fully saturated rings. The van der Waals surface area contributed by atoms with Gasteiger partial charge >= 0.3 is 13.4 Å². The first-order valence-electron chi connectivity index (χ1n) is 8.22. The largest absolute Gasteiger partial charge is 0.456 e. The molecule has 0 bridgehead atoms. The molecule has 152 valence electrons. The summed E-state index contributed by atoms with van der Waals surface area (Å²) >= 11 is 0. The van der Waals surface area contributed by atoms with Crippen molar-refractivity contribution in [2.24, 2.45) is 5.50 Å². The van der Waals surface area contributed by atoms with Gasteiger partial charge in [-0.25, -0.2) is 19.3 Å². The predicted octanol–water partition coefficient (Wildman–Crippen LogP) is 0.685. The Balaban J connectivity index is 1.72. The number of aliphatic hydroxyl groups is 1. The second-order valence-electron chi connectivity index (χ2n) is 6.38. The van der Waals surface area contributed by atoms with Gasteiger partial charge in [0, 0.05) is 12.3 Å². The summed E-state index contributed by atoms with van der Waals surface area (Å²) in [4.78, 5) is 25.1. The summed E-state index contributed by atoms with van der Waals surface area (Å²) in [6, 6.07) is 9.04. The lowest BCUT2D eigenvalue weighted by Crippen LogP contribution is -2.43.